The van der Waals surface area contributed by atoms with Crippen LogP contribution in [0.5, 0.6) is 5.75 Å². The molecule has 6 atom stereocenters. The lowest BCUT2D eigenvalue weighted by molar-refractivity contribution is -0.150. The van der Waals surface area contributed by atoms with Crippen LogP contribution in [0.25, 0.3) is 0 Å². The highest BCUT2D eigenvalue weighted by molar-refractivity contribution is 6.00. The Hall–Kier alpha value is -3.00. The van der Waals surface area contributed by atoms with Crippen molar-refractivity contribution in [2.75, 3.05) is 12.4 Å². The van der Waals surface area contributed by atoms with Crippen LogP contribution in [0.1, 0.15) is 101 Å². The molecule has 2 aromatic rings. The van der Waals surface area contributed by atoms with Crippen LogP contribution in [0.4, 0.5) is 5.69 Å². The molecule has 40 heavy (non-hydrogen) atoms. The van der Waals surface area contributed by atoms with E-state index in [9.17, 15) is 14.7 Å². The van der Waals surface area contributed by atoms with Crippen molar-refractivity contribution in [1.82, 2.24) is 5.32 Å². The maximum Gasteiger partial charge on any atom is 0.232 e. The molecule has 0 aliphatic heterocycles. The minimum Gasteiger partial charge on any atom is -0.501 e. The van der Waals surface area contributed by atoms with Crippen molar-refractivity contribution in [3.63, 3.8) is 0 Å². The fourth-order valence-corrected chi connectivity index (χ4v) is 9.84. The molecular weight excluding hydrogens is 496 g/mol. The number of nitrogens with one attached hydrogen (secondary N) is 2. The number of hydrogen-bond acceptors (Lipinski definition) is 4. The molecule has 0 radical (unpaired) electrons. The van der Waals surface area contributed by atoms with Crippen LogP contribution >= 0.6 is 0 Å². The van der Waals surface area contributed by atoms with Crippen LogP contribution in [-0.4, -0.2) is 24.0 Å². The Bertz CT molecular complexity index is 1370. The quantitative estimate of drug-likeness (QED) is 0.394. The average Bonchev–Trinajstić information content (AvgIpc) is 2.93. The van der Waals surface area contributed by atoms with Gasteiger partial charge in [-0.25, -0.2) is 0 Å². The molecule has 4 aliphatic carbocycles. The number of aryl methyl sites for hydroxylation is 1. The first-order chi connectivity index (χ1) is 19.0. The molecule has 0 saturated heterocycles. The van der Waals surface area contributed by atoms with E-state index < -0.39 is 10.8 Å². The lowest BCUT2D eigenvalue weighted by Crippen LogP contribution is -2.60. The van der Waals surface area contributed by atoms with Gasteiger partial charge in [0.05, 0.1) is 10.8 Å². The van der Waals surface area contributed by atoms with E-state index >= 15 is 0 Å². The number of aromatic hydroxyl groups is 1. The predicted octanol–water partition coefficient (Wildman–Crippen LogP) is 6.40. The van der Waals surface area contributed by atoms with E-state index in [1.807, 2.05) is 13.1 Å². The smallest absolute Gasteiger partial charge is 0.232 e. The van der Waals surface area contributed by atoms with Gasteiger partial charge in [-0.1, -0.05) is 52.7 Å². The second-order valence-corrected chi connectivity index (χ2v) is 14.1. The first-order valence-corrected chi connectivity index (χ1v) is 15.3. The van der Waals surface area contributed by atoms with Crippen molar-refractivity contribution in [2.45, 2.75) is 103 Å². The number of benzene rings is 1. The number of anilines is 1. The summed E-state index contributed by atoms with van der Waals surface area (Å²) >= 11 is 0. The van der Waals surface area contributed by atoms with Gasteiger partial charge < -0.3 is 10.4 Å². The number of hydrogen-bond donors (Lipinski definition) is 3. The fourth-order valence-electron chi connectivity index (χ4n) is 9.84. The maximum absolute atomic E-state index is 14.2. The number of imide groups is 1. The standard InChI is InChI=1S/C35H44N2O3/c1-32-16-6-18-34(3,28(32)14-10-22-8-12-24(36-5)20-26(22)32)30(39)37-31(40)35(4)19-7-17-33(2)27-21-25(38)13-9-23(27)11-15-29(33)35/h8,12,20-21,28-29,36,38H,6-7,10-11,14-19H2,1-5H3,(H,37,39,40)/t28-,29-,32-,33-,34+,35+/m1/s1. The van der Waals surface area contributed by atoms with Crippen LogP contribution in [0.15, 0.2) is 24.3 Å². The number of carbonyl (C=O) groups is 2. The summed E-state index contributed by atoms with van der Waals surface area (Å²) in [5.41, 5.74) is 4.50. The van der Waals surface area contributed by atoms with Crippen LogP contribution < -0.4 is 10.6 Å². The molecular formula is C35H44N2O3. The van der Waals surface area contributed by atoms with E-state index in [-0.39, 0.29) is 40.2 Å². The second kappa shape index (κ2) is 9.26. The summed E-state index contributed by atoms with van der Waals surface area (Å²) in [6, 6.07) is 14.5. The summed E-state index contributed by atoms with van der Waals surface area (Å²) in [4.78, 5) is 28.5. The van der Waals surface area contributed by atoms with Crippen LogP contribution in [0.3, 0.4) is 0 Å². The summed E-state index contributed by atoms with van der Waals surface area (Å²) in [5, 5.41) is 16.5. The van der Waals surface area contributed by atoms with Crippen molar-refractivity contribution in [1.29, 1.82) is 0 Å². The van der Waals surface area contributed by atoms with Gasteiger partial charge in [-0.2, -0.15) is 0 Å². The van der Waals surface area contributed by atoms with E-state index in [4.69, 9.17) is 0 Å². The highest BCUT2D eigenvalue weighted by Crippen LogP contribution is 2.59. The van der Waals surface area contributed by atoms with Gasteiger partial charge in [-0.15, -0.1) is 0 Å². The third-order valence-corrected chi connectivity index (χ3v) is 12.1. The molecule has 2 aromatic carbocycles. The molecule has 5 heteroatoms. The first-order valence-electron chi connectivity index (χ1n) is 15.3. The van der Waals surface area contributed by atoms with Gasteiger partial charge >= 0.3 is 0 Å². The molecule has 0 aromatic heterocycles. The Morgan fingerprint density at radius 3 is 2.05 bits per heavy atom. The third kappa shape index (κ3) is 3.81. The molecule has 0 spiro atoms. The Kier molecular flexibility index (Phi) is 6.29. The van der Waals surface area contributed by atoms with Crippen molar-refractivity contribution in [3.8, 4) is 5.75 Å². The summed E-state index contributed by atoms with van der Waals surface area (Å²) in [6.07, 6.45) is 9.11. The average molecular weight is 541 g/mol. The summed E-state index contributed by atoms with van der Waals surface area (Å²) < 4.78 is 0. The number of fused-ring (bicyclic) bond motifs is 6. The monoisotopic (exact) mass is 540 g/mol. The lowest BCUT2D eigenvalue weighted by Gasteiger charge is -2.55. The van der Waals surface area contributed by atoms with Gasteiger partial charge in [0, 0.05) is 18.3 Å². The van der Waals surface area contributed by atoms with E-state index in [0.717, 1.165) is 81.0 Å². The van der Waals surface area contributed by atoms with Gasteiger partial charge in [0.15, 0.2) is 5.75 Å². The zero-order chi connectivity index (χ0) is 28.5. The zero-order valence-electron chi connectivity index (χ0n) is 24.8. The Labute approximate surface area is 239 Å². The summed E-state index contributed by atoms with van der Waals surface area (Å²) in [6.45, 7) is 8.77. The number of carbonyl (C=O) groups excluding carboxylic acids is 2. The molecule has 0 unspecified atom stereocenters. The van der Waals surface area contributed by atoms with E-state index in [2.05, 4.69) is 68.7 Å². The number of amides is 2. The van der Waals surface area contributed by atoms with Gasteiger partial charge in [-0.3, -0.25) is 14.9 Å². The molecule has 6 rings (SSSR count). The molecule has 212 valence electrons. The molecule has 0 bridgehead atoms. The van der Waals surface area contributed by atoms with Gasteiger partial charge in [0.1, 0.15) is 0 Å². The minimum atomic E-state index is -0.648. The van der Waals surface area contributed by atoms with Crippen molar-refractivity contribution >= 4 is 17.5 Å². The lowest BCUT2D eigenvalue weighted by atomic mass is 9.49. The summed E-state index contributed by atoms with van der Waals surface area (Å²) in [7, 11) is 1.95. The topological polar surface area (TPSA) is 78.4 Å². The van der Waals surface area contributed by atoms with E-state index in [1.54, 1.807) is 0 Å². The molecule has 4 aliphatic rings. The fraction of sp³-hybridized carbons (Fsp3) is 0.600. The van der Waals surface area contributed by atoms with Gasteiger partial charge in [-0.05, 0) is 115 Å². The van der Waals surface area contributed by atoms with Gasteiger partial charge in [0.25, 0.3) is 0 Å². The van der Waals surface area contributed by atoms with Crippen molar-refractivity contribution in [3.05, 3.63) is 58.7 Å². The largest absolute Gasteiger partial charge is 0.501 e. The number of rotatable bonds is 3. The second-order valence-electron chi connectivity index (χ2n) is 14.1. The molecule has 2 fully saturated rings. The Morgan fingerprint density at radius 1 is 0.825 bits per heavy atom. The van der Waals surface area contributed by atoms with Crippen molar-refractivity contribution < 1.29 is 14.7 Å². The SMILES string of the molecule is CNc1ccc2c(c1)[C@@]1(C)CCC[C@](C)(C(=O)NC(=O)[C@@]3(C)CCC[C@]4(C)c5cc(O)c#cc5CC[C@@H]34)[C@@H]1CC2. The van der Waals surface area contributed by atoms with E-state index in [1.165, 1.54) is 11.1 Å². The van der Waals surface area contributed by atoms with Crippen molar-refractivity contribution in [2.24, 2.45) is 22.7 Å². The first kappa shape index (κ1) is 27.2. The maximum atomic E-state index is 14.2. The molecule has 2 amide bonds. The van der Waals surface area contributed by atoms with Crippen LogP contribution in [-0.2, 0) is 33.3 Å². The Morgan fingerprint density at radius 2 is 1.43 bits per heavy atom. The predicted molar refractivity (Wildman–Crippen MR) is 157 cm³/mol. The molecule has 5 nitrogen and oxygen atoms in total. The van der Waals surface area contributed by atoms with Crippen LogP contribution in [0.2, 0.25) is 0 Å². The van der Waals surface area contributed by atoms with E-state index in [0.29, 0.717) is 0 Å². The highest BCUT2D eigenvalue weighted by Gasteiger charge is 2.58. The minimum absolute atomic E-state index is 0.0908. The Balaban J connectivity index is 1.28. The highest BCUT2D eigenvalue weighted by atomic mass is 16.3. The molecule has 3 N–H and O–H groups in total. The van der Waals surface area contributed by atoms with Gasteiger partial charge in [0.2, 0.25) is 11.8 Å². The molecule has 2 saturated carbocycles. The normalized spacial score (nSPS) is 36.1. The third-order valence-electron chi connectivity index (χ3n) is 12.1. The summed E-state index contributed by atoms with van der Waals surface area (Å²) in [5.74, 6) is 0.176. The molecule has 0 heterocycles. The zero-order valence-corrected chi connectivity index (χ0v) is 24.8. The van der Waals surface area contributed by atoms with Crippen LogP contribution in [0, 0.1) is 34.8 Å².